The molecule has 5 heteroatoms. The van der Waals surface area contributed by atoms with Crippen LogP contribution in [0.2, 0.25) is 0 Å². The van der Waals surface area contributed by atoms with E-state index in [2.05, 4.69) is 44.5 Å². The average Bonchev–Trinajstić information content (AvgIpc) is 2.34. The Morgan fingerprint density at radius 1 is 1.56 bits per heavy atom. The maximum atomic E-state index is 12.0. The number of amides is 1. The molecule has 2 atom stereocenters. The predicted molar refractivity (Wildman–Crippen MR) is 76.8 cm³/mol. The van der Waals surface area contributed by atoms with Crippen molar-refractivity contribution in [3.8, 4) is 0 Å². The number of benzene rings is 1. The Bertz CT molecular complexity index is 438. The molecule has 2 unspecified atom stereocenters. The quantitative estimate of drug-likeness (QED) is 0.886. The van der Waals surface area contributed by atoms with Gasteiger partial charge in [0.25, 0.3) is 0 Å². The summed E-state index contributed by atoms with van der Waals surface area (Å²) in [6, 6.07) is 8.21. The van der Waals surface area contributed by atoms with Crippen LogP contribution in [-0.2, 0) is 4.79 Å². The first kappa shape index (κ1) is 13.4. The second-order valence-electron chi connectivity index (χ2n) is 4.55. The van der Waals surface area contributed by atoms with Crippen molar-refractivity contribution in [1.29, 1.82) is 0 Å². The van der Waals surface area contributed by atoms with E-state index in [1.165, 1.54) is 0 Å². The molecule has 2 rings (SSSR count). The highest BCUT2D eigenvalue weighted by Crippen LogP contribution is 2.25. The zero-order chi connectivity index (χ0) is 13.1. The van der Waals surface area contributed by atoms with Crippen molar-refractivity contribution in [3.05, 3.63) is 28.7 Å². The molecule has 0 radical (unpaired) electrons. The molecule has 0 aliphatic carbocycles. The third-order valence-corrected chi connectivity index (χ3v) is 3.68. The third-order valence-electron chi connectivity index (χ3n) is 3.19. The molecule has 1 heterocycles. The van der Waals surface area contributed by atoms with Gasteiger partial charge in [0, 0.05) is 29.3 Å². The first-order chi connectivity index (χ1) is 8.63. The van der Waals surface area contributed by atoms with Crippen molar-refractivity contribution < 1.29 is 4.79 Å². The molecule has 1 aliphatic rings. The van der Waals surface area contributed by atoms with Gasteiger partial charge in [0.2, 0.25) is 5.91 Å². The van der Waals surface area contributed by atoms with E-state index in [1.807, 2.05) is 25.2 Å². The monoisotopic (exact) mass is 311 g/mol. The van der Waals surface area contributed by atoms with Crippen LogP contribution in [0.4, 0.5) is 5.69 Å². The number of hydrogen-bond donors (Lipinski definition) is 2. The minimum atomic E-state index is -0.159. The average molecular weight is 312 g/mol. The highest BCUT2D eigenvalue weighted by molar-refractivity contribution is 9.10. The van der Waals surface area contributed by atoms with Crippen molar-refractivity contribution in [2.75, 3.05) is 25.0 Å². The fourth-order valence-electron chi connectivity index (χ4n) is 2.35. The lowest BCUT2D eigenvalue weighted by molar-refractivity contribution is -0.123. The van der Waals surface area contributed by atoms with Crippen LogP contribution in [0, 0.1) is 0 Å². The molecule has 0 spiro atoms. The molecule has 1 aromatic carbocycles. The van der Waals surface area contributed by atoms with E-state index in [9.17, 15) is 4.79 Å². The van der Waals surface area contributed by atoms with Crippen molar-refractivity contribution in [1.82, 2.24) is 10.6 Å². The second kappa shape index (κ2) is 5.71. The van der Waals surface area contributed by atoms with E-state index in [4.69, 9.17) is 0 Å². The van der Waals surface area contributed by atoms with Gasteiger partial charge >= 0.3 is 0 Å². The predicted octanol–water partition coefficient (Wildman–Crippen LogP) is 1.36. The Kier molecular flexibility index (Phi) is 4.24. The maximum absolute atomic E-state index is 12.0. The molecule has 1 amide bonds. The topological polar surface area (TPSA) is 44.4 Å². The van der Waals surface area contributed by atoms with E-state index in [-0.39, 0.29) is 18.0 Å². The Morgan fingerprint density at radius 2 is 2.33 bits per heavy atom. The summed E-state index contributed by atoms with van der Waals surface area (Å²) in [6.45, 7) is 3.46. The van der Waals surface area contributed by atoms with Gasteiger partial charge in [0.15, 0.2) is 0 Å². The summed E-state index contributed by atoms with van der Waals surface area (Å²) in [4.78, 5) is 14.2. The maximum Gasteiger partial charge on any atom is 0.244 e. The van der Waals surface area contributed by atoms with Gasteiger partial charge in [0.05, 0.1) is 0 Å². The zero-order valence-electron chi connectivity index (χ0n) is 10.6. The van der Waals surface area contributed by atoms with E-state index in [1.54, 1.807) is 0 Å². The van der Waals surface area contributed by atoms with E-state index >= 15 is 0 Å². The number of likely N-dealkylation sites (N-methyl/N-ethyl adjacent to an activating group) is 1. The van der Waals surface area contributed by atoms with Gasteiger partial charge < -0.3 is 15.5 Å². The minimum Gasteiger partial charge on any atom is -0.354 e. The van der Waals surface area contributed by atoms with Crippen LogP contribution in [0.3, 0.4) is 0 Å². The lowest BCUT2D eigenvalue weighted by Crippen LogP contribution is -2.62. The smallest absolute Gasteiger partial charge is 0.244 e. The van der Waals surface area contributed by atoms with E-state index in [0.717, 1.165) is 10.2 Å². The molecule has 1 aliphatic heterocycles. The van der Waals surface area contributed by atoms with Crippen molar-refractivity contribution >= 4 is 27.5 Å². The number of carbonyl (C=O) groups is 1. The summed E-state index contributed by atoms with van der Waals surface area (Å²) in [7, 11) is 1.87. The van der Waals surface area contributed by atoms with Crippen LogP contribution >= 0.6 is 15.9 Å². The summed E-state index contributed by atoms with van der Waals surface area (Å²) in [5.41, 5.74) is 1.08. The number of nitrogens with zero attached hydrogens (tertiary/aromatic N) is 1. The van der Waals surface area contributed by atoms with Crippen LogP contribution in [0.1, 0.15) is 6.92 Å². The second-order valence-corrected chi connectivity index (χ2v) is 5.47. The first-order valence-electron chi connectivity index (χ1n) is 6.09. The molecular weight excluding hydrogens is 294 g/mol. The molecule has 98 valence electrons. The van der Waals surface area contributed by atoms with Gasteiger partial charge in [0.1, 0.15) is 6.04 Å². The highest BCUT2D eigenvalue weighted by Gasteiger charge is 2.33. The molecule has 0 aromatic heterocycles. The molecule has 4 nitrogen and oxygen atoms in total. The summed E-state index contributed by atoms with van der Waals surface area (Å²) in [5, 5.41) is 6.04. The van der Waals surface area contributed by atoms with Crippen LogP contribution in [0.15, 0.2) is 28.7 Å². The standard InChI is InChI=1S/C13H18BrN3O/c1-9-7-16-13(18)12(8-15-2)17(9)11-5-3-4-10(14)6-11/h3-6,9,12,15H,7-8H2,1-2H3,(H,16,18). The SMILES string of the molecule is CNCC1C(=O)NCC(C)N1c1cccc(Br)c1. The summed E-state index contributed by atoms with van der Waals surface area (Å²) < 4.78 is 1.03. The number of anilines is 1. The minimum absolute atomic E-state index is 0.0856. The van der Waals surface area contributed by atoms with E-state index in [0.29, 0.717) is 13.1 Å². The Labute approximate surface area is 116 Å². The van der Waals surface area contributed by atoms with Crippen molar-refractivity contribution in [2.45, 2.75) is 19.0 Å². The fraction of sp³-hybridized carbons (Fsp3) is 0.462. The number of halogens is 1. The van der Waals surface area contributed by atoms with Gasteiger partial charge in [-0.25, -0.2) is 0 Å². The fourth-order valence-corrected chi connectivity index (χ4v) is 2.74. The van der Waals surface area contributed by atoms with Crippen LogP contribution < -0.4 is 15.5 Å². The summed E-state index contributed by atoms with van der Waals surface area (Å²) >= 11 is 3.48. The van der Waals surface area contributed by atoms with Gasteiger partial charge in [-0.3, -0.25) is 4.79 Å². The number of rotatable bonds is 3. The molecule has 1 fully saturated rings. The first-order valence-corrected chi connectivity index (χ1v) is 6.89. The molecule has 0 bridgehead atoms. The lowest BCUT2D eigenvalue weighted by atomic mass is 10.1. The van der Waals surface area contributed by atoms with Gasteiger partial charge in [-0.2, -0.15) is 0 Å². The Morgan fingerprint density at radius 3 is 3.00 bits per heavy atom. The van der Waals surface area contributed by atoms with Gasteiger partial charge in [-0.15, -0.1) is 0 Å². The molecule has 1 aromatic rings. The molecule has 1 saturated heterocycles. The van der Waals surface area contributed by atoms with Crippen LogP contribution in [-0.4, -0.2) is 38.1 Å². The summed E-state index contributed by atoms with van der Waals surface area (Å²) in [6.07, 6.45) is 0. The zero-order valence-corrected chi connectivity index (χ0v) is 12.2. The number of hydrogen-bond acceptors (Lipinski definition) is 3. The molecular formula is C13H18BrN3O. The van der Waals surface area contributed by atoms with Crippen molar-refractivity contribution in [3.63, 3.8) is 0 Å². The highest BCUT2D eigenvalue weighted by atomic mass is 79.9. The third kappa shape index (κ3) is 2.67. The van der Waals surface area contributed by atoms with Gasteiger partial charge in [-0.05, 0) is 32.2 Å². The number of piperazine rings is 1. The Hall–Kier alpha value is -1.07. The molecule has 2 N–H and O–H groups in total. The summed E-state index contributed by atoms with van der Waals surface area (Å²) in [5.74, 6) is 0.0856. The normalized spacial score (nSPS) is 23.9. The van der Waals surface area contributed by atoms with Crippen LogP contribution in [0.5, 0.6) is 0 Å². The van der Waals surface area contributed by atoms with Gasteiger partial charge in [-0.1, -0.05) is 22.0 Å². The number of nitrogens with one attached hydrogen (secondary N) is 2. The van der Waals surface area contributed by atoms with Crippen LogP contribution in [0.25, 0.3) is 0 Å². The van der Waals surface area contributed by atoms with Crippen molar-refractivity contribution in [2.24, 2.45) is 0 Å². The lowest BCUT2D eigenvalue weighted by Gasteiger charge is -2.41. The molecule has 0 saturated carbocycles. The number of carbonyl (C=O) groups excluding carboxylic acids is 1. The Balaban J connectivity index is 2.33. The molecule has 18 heavy (non-hydrogen) atoms. The van der Waals surface area contributed by atoms with E-state index < -0.39 is 0 Å². The largest absolute Gasteiger partial charge is 0.354 e.